The summed E-state index contributed by atoms with van der Waals surface area (Å²) in [7, 11) is 3.32. The fraction of sp³-hybridized carbons (Fsp3) is 0.375. The number of guanidine groups is 1. The average Bonchev–Trinajstić information content (AvgIpc) is 3.19. The predicted octanol–water partition coefficient (Wildman–Crippen LogP) is 4.53. The average molecular weight is 536 g/mol. The molecule has 0 saturated carbocycles. The molecule has 0 saturated heterocycles. The lowest BCUT2D eigenvalue weighted by Gasteiger charge is -2.11. The lowest BCUT2D eigenvalue weighted by molar-refractivity contribution is 0.354. The second kappa shape index (κ2) is 13.1. The van der Waals surface area contributed by atoms with Crippen LogP contribution in [0.15, 0.2) is 53.7 Å². The molecule has 1 aromatic heterocycles. The van der Waals surface area contributed by atoms with Gasteiger partial charge in [-0.3, -0.25) is 4.99 Å². The minimum absolute atomic E-state index is 0. The van der Waals surface area contributed by atoms with Crippen LogP contribution in [0, 0.1) is 0 Å². The highest BCUT2D eigenvalue weighted by Crippen LogP contribution is 2.27. The molecule has 3 N–H and O–H groups in total. The van der Waals surface area contributed by atoms with Crippen molar-refractivity contribution in [1.29, 1.82) is 0 Å². The number of fused-ring (bicyclic) bond motifs is 1. The lowest BCUT2D eigenvalue weighted by Crippen LogP contribution is -2.38. The van der Waals surface area contributed by atoms with Gasteiger partial charge in [0.25, 0.3) is 0 Å². The second-order valence-corrected chi connectivity index (χ2v) is 7.09. The maximum atomic E-state index is 5.38. The van der Waals surface area contributed by atoms with Crippen LogP contribution in [0.3, 0.4) is 0 Å². The molecule has 0 fully saturated rings. The monoisotopic (exact) mass is 536 g/mol. The van der Waals surface area contributed by atoms with E-state index in [4.69, 9.17) is 14.5 Å². The van der Waals surface area contributed by atoms with Gasteiger partial charge in [0, 0.05) is 36.7 Å². The Morgan fingerprint density at radius 1 is 1.00 bits per heavy atom. The lowest BCUT2D eigenvalue weighted by atomic mass is 10.1. The molecule has 168 valence electrons. The third-order valence-corrected chi connectivity index (χ3v) is 5.05. The van der Waals surface area contributed by atoms with Crippen molar-refractivity contribution < 1.29 is 9.47 Å². The quantitative estimate of drug-likeness (QED) is 0.154. The van der Waals surface area contributed by atoms with Gasteiger partial charge in [-0.2, -0.15) is 0 Å². The van der Waals surface area contributed by atoms with Gasteiger partial charge in [0.05, 0.1) is 14.2 Å². The minimum atomic E-state index is 0. The number of hydrogen-bond donors (Lipinski definition) is 3. The SMILES string of the molecule is CCNC(=NCCCc1ccc(OC)c(OC)c1)NCCc1c[nH]c2ccccc12.I. The maximum Gasteiger partial charge on any atom is 0.191 e. The zero-order valence-electron chi connectivity index (χ0n) is 18.5. The molecule has 2 aromatic carbocycles. The molecule has 3 rings (SSSR count). The number of rotatable bonds is 10. The highest BCUT2D eigenvalue weighted by Gasteiger charge is 2.05. The Morgan fingerprint density at radius 3 is 2.58 bits per heavy atom. The van der Waals surface area contributed by atoms with Gasteiger partial charge in [0.2, 0.25) is 0 Å². The summed E-state index contributed by atoms with van der Waals surface area (Å²) in [5.74, 6) is 2.39. The van der Waals surface area contributed by atoms with E-state index >= 15 is 0 Å². The van der Waals surface area contributed by atoms with Crippen LogP contribution in [-0.4, -0.2) is 44.8 Å². The molecule has 0 bridgehead atoms. The Bertz CT molecular complexity index is 971. The summed E-state index contributed by atoms with van der Waals surface area (Å²) in [5, 5.41) is 8.06. The van der Waals surface area contributed by atoms with Crippen LogP contribution in [0.4, 0.5) is 0 Å². The molecule has 3 aromatic rings. The number of ether oxygens (including phenoxy) is 2. The molecule has 0 atom stereocenters. The first-order valence-electron chi connectivity index (χ1n) is 10.5. The number of hydrogen-bond acceptors (Lipinski definition) is 3. The van der Waals surface area contributed by atoms with Crippen molar-refractivity contribution in [3.8, 4) is 11.5 Å². The van der Waals surface area contributed by atoms with Gasteiger partial charge < -0.3 is 25.1 Å². The Labute approximate surface area is 201 Å². The van der Waals surface area contributed by atoms with Gasteiger partial charge in [-0.25, -0.2) is 0 Å². The molecule has 0 spiro atoms. The number of aromatic nitrogens is 1. The van der Waals surface area contributed by atoms with Gasteiger partial charge in [-0.05, 0) is 55.5 Å². The highest BCUT2D eigenvalue weighted by atomic mass is 127. The van der Waals surface area contributed by atoms with E-state index < -0.39 is 0 Å². The first-order chi connectivity index (χ1) is 14.7. The number of aryl methyl sites for hydroxylation is 1. The Balaban J connectivity index is 0.00000341. The summed E-state index contributed by atoms with van der Waals surface area (Å²) in [6, 6.07) is 14.5. The van der Waals surface area contributed by atoms with Crippen molar-refractivity contribution in [3.63, 3.8) is 0 Å². The number of nitrogens with one attached hydrogen (secondary N) is 3. The van der Waals surface area contributed by atoms with Crippen molar-refractivity contribution in [1.82, 2.24) is 15.6 Å². The Morgan fingerprint density at radius 2 is 1.81 bits per heavy atom. The number of methoxy groups -OCH3 is 2. The molecular formula is C24H33IN4O2. The van der Waals surface area contributed by atoms with Gasteiger partial charge >= 0.3 is 0 Å². The summed E-state index contributed by atoms with van der Waals surface area (Å²) in [6.07, 6.45) is 4.95. The molecule has 0 unspecified atom stereocenters. The first-order valence-corrected chi connectivity index (χ1v) is 10.5. The molecule has 1 heterocycles. The zero-order valence-corrected chi connectivity index (χ0v) is 20.9. The smallest absolute Gasteiger partial charge is 0.191 e. The van der Waals surface area contributed by atoms with E-state index in [1.165, 1.54) is 22.0 Å². The van der Waals surface area contributed by atoms with Crippen LogP contribution in [-0.2, 0) is 12.8 Å². The summed E-state index contributed by atoms with van der Waals surface area (Å²) >= 11 is 0. The highest BCUT2D eigenvalue weighted by molar-refractivity contribution is 14.0. The molecular weight excluding hydrogens is 503 g/mol. The summed E-state index contributed by atoms with van der Waals surface area (Å²) in [5.41, 5.74) is 3.73. The number of halogens is 1. The Hall–Kier alpha value is -2.42. The van der Waals surface area contributed by atoms with Crippen molar-refractivity contribution in [2.75, 3.05) is 33.9 Å². The van der Waals surface area contributed by atoms with E-state index in [0.717, 1.165) is 56.4 Å². The molecule has 0 aliphatic carbocycles. The minimum Gasteiger partial charge on any atom is -0.493 e. The van der Waals surface area contributed by atoms with Crippen LogP contribution >= 0.6 is 24.0 Å². The van der Waals surface area contributed by atoms with Gasteiger partial charge in [0.1, 0.15) is 0 Å². The molecule has 0 aliphatic rings. The van der Waals surface area contributed by atoms with E-state index in [9.17, 15) is 0 Å². The normalized spacial score (nSPS) is 11.1. The van der Waals surface area contributed by atoms with Crippen molar-refractivity contribution in [2.24, 2.45) is 4.99 Å². The van der Waals surface area contributed by atoms with Gasteiger partial charge in [-0.1, -0.05) is 24.3 Å². The Kier molecular flexibility index (Phi) is 10.5. The van der Waals surface area contributed by atoms with Gasteiger partial charge in [0.15, 0.2) is 17.5 Å². The van der Waals surface area contributed by atoms with E-state index in [-0.39, 0.29) is 24.0 Å². The van der Waals surface area contributed by atoms with E-state index in [0.29, 0.717) is 0 Å². The zero-order chi connectivity index (χ0) is 21.2. The van der Waals surface area contributed by atoms with E-state index in [1.54, 1.807) is 14.2 Å². The summed E-state index contributed by atoms with van der Waals surface area (Å²) < 4.78 is 10.7. The van der Waals surface area contributed by atoms with Crippen LogP contribution in [0.25, 0.3) is 10.9 Å². The van der Waals surface area contributed by atoms with Crippen LogP contribution in [0.1, 0.15) is 24.5 Å². The number of H-pyrrole nitrogens is 1. The van der Waals surface area contributed by atoms with Crippen LogP contribution < -0.4 is 20.1 Å². The largest absolute Gasteiger partial charge is 0.493 e. The molecule has 0 radical (unpaired) electrons. The topological polar surface area (TPSA) is 70.7 Å². The third kappa shape index (κ3) is 7.05. The summed E-state index contributed by atoms with van der Waals surface area (Å²) in [6.45, 7) is 4.52. The van der Waals surface area contributed by atoms with Gasteiger partial charge in [-0.15, -0.1) is 24.0 Å². The van der Waals surface area contributed by atoms with Crippen molar-refractivity contribution >= 4 is 40.8 Å². The van der Waals surface area contributed by atoms with Crippen molar-refractivity contribution in [3.05, 3.63) is 59.8 Å². The fourth-order valence-electron chi connectivity index (χ4n) is 3.51. The summed E-state index contributed by atoms with van der Waals surface area (Å²) in [4.78, 5) is 8.05. The van der Waals surface area contributed by atoms with Crippen LogP contribution in [0.5, 0.6) is 11.5 Å². The van der Waals surface area contributed by atoms with Crippen LogP contribution in [0.2, 0.25) is 0 Å². The van der Waals surface area contributed by atoms with E-state index in [2.05, 4.69) is 59.1 Å². The maximum absolute atomic E-state index is 5.38. The number of benzene rings is 2. The van der Waals surface area contributed by atoms with Crippen molar-refractivity contribution in [2.45, 2.75) is 26.2 Å². The predicted molar refractivity (Wildman–Crippen MR) is 139 cm³/mol. The third-order valence-electron chi connectivity index (χ3n) is 5.05. The molecule has 6 nitrogen and oxygen atoms in total. The number of para-hydroxylation sites is 1. The molecule has 7 heteroatoms. The molecule has 0 amide bonds. The molecule has 0 aliphatic heterocycles. The number of nitrogens with zero attached hydrogens (tertiary/aromatic N) is 1. The fourth-order valence-corrected chi connectivity index (χ4v) is 3.51. The standard InChI is InChI=1S/C24H32N4O2.HI/c1-4-25-24(27-15-13-19-17-28-21-10-6-5-9-20(19)21)26-14-7-8-18-11-12-22(29-2)23(16-18)30-3;/h5-6,9-12,16-17,28H,4,7-8,13-15H2,1-3H3,(H2,25,26,27);1H. The first kappa shape index (κ1) is 24.8. The second-order valence-electron chi connectivity index (χ2n) is 7.09. The molecule has 31 heavy (non-hydrogen) atoms. The van der Waals surface area contributed by atoms with E-state index in [1.807, 2.05) is 12.1 Å². The number of aromatic amines is 1. The number of aliphatic imine (C=N–C) groups is 1.